The zero-order chi connectivity index (χ0) is 12.5. The lowest BCUT2D eigenvalue weighted by Gasteiger charge is -2.19. The van der Waals surface area contributed by atoms with E-state index in [0.717, 1.165) is 23.6 Å². The zero-order valence-corrected chi connectivity index (χ0v) is 9.91. The molecule has 0 fully saturated rings. The lowest BCUT2D eigenvalue weighted by Crippen LogP contribution is -2.25. The Morgan fingerprint density at radius 1 is 1.33 bits per heavy atom. The molecule has 2 heterocycles. The fourth-order valence-electron chi connectivity index (χ4n) is 2.39. The van der Waals surface area contributed by atoms with Crippen LogP contribution in [-0.2, 0) is 17.8 Å². The van der Waals surface area contributed by atoms with Gasteiger partial charge in [-0.05, 0) is 6.42 Å². The molecule has 1 N–H and O–H groups in total. The van der Waals surface area contributed by atoms with E-state index in [1.54, 1.807) is 0 Å². The molecule has 18 heavy (non-hydrogen) atoms. The van der Waals surface area contributed by atoms with Crippen LogP contribution >= 0.6 is 0 Å². The third-order valence-electron chi connectivity index (χ3n) is 3.43. The molecule has 4 heteroatoms. The Hall–Kier alpha value is -2.10. The summed E-state index contributed by atoms with van der Waals surface area (Å²) in [5.74, 6) is -0.124. The average Bonchev–Trinajstić information content (AvgIpc) is 2.82. The van der Waals surface area contributed by atoms with Gasteiger partial charge in [-0.15, -0.1) is 0 Å². The number of aryl methyl sites for hydroxylation is 1. The molecule has 1 aliphatic rings. The number of rotatable bonds is 2. The molecule has 0 spiro atoms. The van der Waals surface area contributed by atoms with Crippen molar-refractivity contribution in [1.82, 2.24) is 9.55 Å². The highest BCUT2D eigenvalue weighted by molar-refractivity contribution is 5.70. The molecule has 4 nitrogen and oxygen atoms in total. The van der Waals surface area contributed by atoms with Gasteiger partial charge in [-0.3, -0.25) is 4.79 Å². The fraction of sp³-hybridized carbons (Fsp3) is 0.286. The van der Waals surface area contributed by atoms with Crippen molar-refractivity contribution in [1.29, 1.82) is 0 Å². The monoisotopic (exact) mass is 242 g/mol. The van der Waals surface area contributed by atoms with Crippen LogP contribution < -0.4 is 0 Å². The largest absolute Gasteiger partial charge is 0.481 e. The summed E-state index contributed by atoms with van der Waals surface area (Å²) in [5, 5.41) is 9.05. The maximum absolute atomic E-state index is 11.0. The van der Waals surface area contributed by atoms with E-state index in [1.807, 2.05) is 36.5 Å². The number of hydrogen-bond donors (Lipinski definition) is 1. The van der Waals surface area contributed by atoms with Gasteiger partial charge in [0.2, 0.25) is 0 Å². The number of carboxylic acids is 1. The second-order valence-corrected chi connectivity index (χ2v) is 4.63. The van der Waals surface area contributed by atoms with E-state index in [0.29, 0.717) is 12.8 Å². The number of aliphatic carboxylic acids is 1. The van der Waals surface area contributed by atoms with Crippen LogP contribution in [0.5, 0.6) is 0 Å². The van der Waals surface area contributed by atoms with Gasteiger partial charge >= 0.3 is 5.97 Å². The predicted molar refractivity (Wildman–Crippen MR) is 67.1 cm³/mol. The third-order valence-corrected chi connectivity index (χ3v) is 3.43. The maximum Gasteiger partial charge on any atom is 0.307 e. The molecule has 0 radical (unpaired) electrons. The molecule has 1 atom stereocenters. The number of hydrogen-bond acceptors (Lipinski definition) is 2. The highest BCUT2D eigenvalue weighted by atomic mass is 16.4. The minimum atomic E-state index is -0.717. The van der Waals surface area contributed by atoms with Crippen LogP contribution in [0.4, 0.5) is 0 Å². The van der Waals surface area contributed by atoms with Gasteiger partial charge in [-0.2, -0.15) is 0 Å². The average molecular weight is 242 g/mol. The Bertz CT molecular complexity index is 575. The first kappa shape index (κ1) is 11.0. The number of aromatic nitrogens is 2. The summed E-state index contributed by atoms with van der Waals surface area (Å²) in [5.41, 5.74) is 2.00. The Kier molecular flexibility index (Phi) is 2.63. The van der Waals surface area contributed by atoms with Gasteiger partial charge < -0.3 is 9.67 Å². The number of carboxylic acid groups (broad SMARTS) is 1. The molecule has 2 aromatic rings. The van der Waals surface area contributed by atoms with Crippen LogP contribution in [0.15, 0.2) is 36.5 Å². The van der Waals surface area contributed by atoms with Crippen molar-refractivity contribution in [3.8, 4) is 11.3 Å². The van der Waals surface area contributed by atoms with E-state index >= 15 is 0 Å². The predicted octanol–water partition coefficient (Wildman–Crippen LogP) is 2.20. The molecule has 1 aromatic carbocycles. The van der Waals surface area contributed by atoms with E-state index in [1.165, 1.54) is 0 Å². The molecule has 0 unspecified atom stereocenters. The van der Waals surface area contributed by atoms with Gasteiger partial charge in [-0.25, -0.2) is 4.98 Å². The van der Waals surface area contributed by atoms with Crippen LogP contribution in [0.3, 0.4) is 0 Å². The van der Waals surface area contributed by atoms with Crippen LogP contribution in [0, 0.1) is 5.92 Å². The third kappa shape index (κ3) is 1.90. The van der Waals surface area contributed by atoms with Crippen molar-refractivity contribution in [2.45, 2.75) is 19.4 Å². The summed E-state index contributed by atoms with van der Waals surface area (Å²) in [7, 11) is 0. The van der Waals surface area contributed by atoms with Crippen molar-refractivity contribution in [2.24, 2.45) is 5.92 Å². The summed E-state index contributed by atoms with van der Waals surface area (Å²) in [6.45, 7) is 0.742. The Morgan fingerprint density at radius 3 is 2.83 bits per heavy atom. The van der Waals surface area contributed by atoms with Gasteiger partial charge in [0.25, 0.3) is 0 Å². The van der Waals surface area contributed by atoms with Crippen LogP contribution in [-0.4, -0.2) is 20.6 Å². The summed E-state index contributed by atoms with van der Waals surface area (Å²) in [6.07, 6.45) is 3.23. The SMILES string of the molecule is O=C(O)[C@@H]1CCn2cc(-c3ccccc3)nc2C1. The first-order valence-corrected chi connectivity index (χ1v) is 6.08. The smallest absolute Gasteiger partial charge is 0.307 e. The van der Waals surface area contributed by atoms with Crippen molar-refractivity contribution in [2.75, 3.05) is 0 Å². The quantitative estimate of drug-likeness (QED) is 0.878. The van der Waals surface area contributed by atoms with Crippen molar-refractivity contribution in [3.63, 3.8) is 0 Å². The maximum atomic E-state index is 11.0. The summed E-state index contributed by atoms with van der Waals surface area (Å²) >= 11 is 0. The fourth-order valence-corrected chi connectivity index (χ4v) is 2.39. The number of imidazole rings is 1. The van der Waals surface area contributed by atoms with Crippen molar-refractivity contribution < 1.29 is 9.90 Å². The standard InChI is InChI=1S/C14H14N2O2/c17-14(18)11-6-7-16-9-12(15-13(16)8-11)10-4-2-1-3-5-10/h1-5,9,11H,6-8H2,(H,17,18)/t11-/m1/s1. The molecule has 0 bridgehead atoms. The van der Waals surface area contributed by atoms with E-state index in [-0.39, 0.29) is 5.92 Å². The minimum absolute atomic E-state index is 0.288. The van der Waals surface area contributed by atoms with Crippen molar-refractivity contribution >= 4 is 5.97 Å². The molecule has 0 saturated carbocycles. The first-order chi connectivity index (χ1) is 8.74. The van der Waals surface area contributed by atoms with E-state index in [2.05, 4.69) is 9.55 Å². The van der Waals surface area contributed by atoms with Crippen LogP contribution in [0.1, 0.15) is 12.2 Å². The number of nitrogens with zero attached hydrogens (tertiary/aromatic N) is 2. The van der Waals surface area contributed by atoms with Crippen LogP contribution in [0.2, 0.25) is 0 Å². The summed E-state index contributed by atoms with van der Waals surface area (Å²) < 4.78 is 2.07. The lowest BCUT2D eigenvalue weighted by atomic mass is 9.98. The minimum Gasteiger partial charge on any atom is -0.481 e. The number of benzene rings is 1. The lowest BCUT2D eigenvalue weighted by molar-refractivity contribution is -0.142. The highest BCUT2D eigenvalue weighted by Gasteiger charge is 2.25. The molecular weight excluding hydrogens is 228 g/mol. The zero-order valence-electron chi connectivity index (χ0n) is 9.91. The van der Waals surface area contributed by atoms with Crippen molar-refractivity contribution in [3.05, 3.63) is 42.4 Å². The first-order valence-electron chi connectivity index (χ1n) is 6.08. The van der Waals surface area contributed by atoms with Gasteiger partial charge in [0.1, 0.15) is 5.82 Å². The molecule has 1 aromatic heterocycles. The summed E-state index contributed by atoms with van der Waals surface area (Å²) in [4.78, 5) is 15.6. The molecule has 0 saturated heterocycles. The van der Waals surface area contributed by atoms with Gasteiger partial charge in [0, 0.05) is 24.7 Å². The molecule has 3 rings (SSSR count). The van der Waals surface area contributed by atoms with Gasteiger partial charge in [-0.1, -0.05) is 30.3 Å². The number of fused-ring (bicyclic) bond motifs is 1. The summed E-state index contributed by atoms with van der Waals surface area (Å²) in [6, 6.07) is 9.97. The Morgan fingerprint density at radius 2 is 2.11 bits per heavy atom. The second-order valence-electron chi connectivity index (χ2n) is 4.63. The van der Waals surface area contributed by atoms with Crippen LogP contribution in [0.25, 0.3) is 11.3 Å². The molecular formula is C14H14N2O2. The topological polar surface area (TPSA) is 55.1 Å². The molecule has 0 aliphatic carbocycles. The van der Waals surface area contributed by atoms with E-state index in [9.17, 15) is 4.79 Å². The van der Waals surface area contributed by atoms with Gasteiger partial charge in [0.05, 0.1) is 11.6 Å². The Labute approximate surface area is 105 Å². The molecule has 92 valence electrons. The Balaban J connectivity index is 1.92. The van der Waals surface area contributed by atoms with Gasteiger partial charge in [0.15, 0.2) is 0 Å². The molecule has 0 amide bonds. The molecule has 1 aliphatic heterocycles. The van der Waals surface area contributed by atoms with E-state index in [4.69, 9.17) is 5.11 Å². The normalized spacial score (nSPS) is 18.3. The highest BCUT2D eigenvalue weighted by Crippen LogP contribution is 2.25. The second kappa shape index (κ2) is 4.29. The number of carbonyl (C=O) groups is 1. The van der Waals surface area contributed by atoms with E-state index < -0.39 is 5.97 Å².